The number of sulfone groups is 1. The molecule has 1 N–H and O–H groups in total. The van der Waals surface area contributed by atoms with Crippen molar-refractivity contribution in [2.75, 3.05) is 26.5 Å². The van der Waals surface area contributed by atoms with E-state index in [-0.39, 0.29) is 17.3 Å². The van der Waals surface area contributed by atoms with E-state index in [4.69, 9.17) is 4.74 Å². The molecule has 0 aliphatic carbocycles. The van der Waals surface area contributed by atoms with Crippen LogP contribution in [0.5, 0.6) is 0 Å². The number of hydrogen-bond donors (Lipinski definition) is 1. The van der Waals surface area contributed by atoms with Crippen LogP contribution in [0.1, 0.15) is 5.56 Å². The lowest BCUT2D eigenvalue weighted by molar-refractivity contribution is -0.137. The Morgan fingerprint density at radius 1 is 1.35 bits per heavy atom. The van der Waals surface area contributed by atoms with Crippen LogP contribution in [0.3, 0.4) is 0 Å². The molecule has 0 saturated heterocycles. The average molecular weight is 311 g/mol. The first-order valence-corrected chi connectivity index (χ1v) is 7.42. The highest BCUT2D eigenvalue weighted by Gasteiger charge is 2.32. The fourth-order valence-electron chi connectivity index (χ4n) is 1.64. The molecule has 0 aromatic heterocycles. The van der Waals surface area contributed by atoms with Crippen molar-refractivity contribution >= 4 is 9.84 Å². The van der Waals surface area contributed by atoms with E-state index in [1.807, 2.05) is 0 Å². The highest BCUT2D eigenvalue weighted by molar-refractivity contribution is 7.91. The van der Waals surface area contributed by atoms with Gasteiger partial charge in [0.05, 0.1) is 22.8 Å². The van der Waals surface area contributed by atoms with Crippen LogP contribution in [0.15, 0.2) is 29.2 Å². The number of methoxy groups -OCH3 is 1. The van der Waals surface area contributed by atoms with Gasteiger partial charge in [-0.25, -0.2) is 8.42 Å². The molecule has 8 heteroatoms. The van der Waals surface area contributed by atoms with Crippen molar-refractivity contribution in [3.8, 4) is 0 Å². The van der Waals surface area contributed by atoms with Crippen LogP contribution in [0, 0.1) is 0 Å². The van der Waals surface area contributed by atoms with Crippen molar-refractivity contribution in [2.24, 2.45) is 0 Å². The molecule has 0 radical (unpaired) electrons. The van der Waals surface area contributed by atoms with E-state index >= 15 is 0 Å². The summed E-state index contributed by atoms with van der Waals surface area (Å²) in [5.74, 6) is -0.335. The van der Waals surface area contributed by atoms with Crippen LogP contribution in [0.2, 0.25) is 0 Å². The zero-order chi connectivity index (χ0) is 15.4. The minimum atomic E-state index is -4.57. The second-order valence-corrected chi connectivity index (χ2v) is 6.28. The molecular weight excluding hydrogens is 295 g/mol. The smallest absolute Gasteiger partial charge is 0.383 e. The Morgan fingerprint density at radius 2 is 2.00 bits per heavy atom. The Labute approximate surface area is 115 Å². The number of nitrogens with one attached hydrogen (secondary N) is 1. The normalized spacial score (nSPS) is 14.2. The largest absolute Gasteiger partial charge is 0.416 e. The Hall–Kier alpha value is -1.12. The number of rotatable bonds is 6. The van der Waals surface area contributed by atoms with Crippen LogP contribution < -0.4 is 5.32 Å². The molecular formula is C12H16F3NO3S. The van der Waals surface area contributed by atoms with Gasteiger partial charge in [0.25, 0.3) is 0 Å². The molecule has 1 atom stereocenters. The summed E-state index contributed by atoms with van der Waals surface area (Å²) < 4.78 is 66.8. The van der Waals surface area contributed by atoms with Gasteiger partial charge in [-0.1, -0.05) is 6.07 Å². The van der Waals surface area contributed by atoms with E-state index in [1.54, 1.807) is 7.05 Å². The quantitative estimate of drug-likeness (QED) is 0.869. The van der Waals surface area contributed by atoms with Gasteiger partial charge in [-0.3, -0.25) is 0 Å². The summed E-state index contributed by atoms with van der Waals surface area (Å²) in [6, 6.07) is 3.24. The maximum absolute atomic E-state index is 12.6. The average Bonchev–Trinajstić information content (AvgIpc) is 2.37. The first-order chi connectivity index (χ1) is 9.20. The Kier molecular flexibility index (Phi) is 5.55. The van der Waals surface area contributed by atoms with Gasteiger partial charge in [0, 0.05) is 13.2 Å². The van der Waals surface area contributed by atoms with E-state index in [1.165, 1.54) is 7.11 Å². The van der Waals surface area contributed by atoms with Crippen molar-refractivity contribution < 1.29 is 26.3 Å². The van der Waals surface area contributed by atoms with Gasteiger partial charge in [0.1, 0.15) is 0 Å². The lowest BCUT2D eigenvalue weighted by Crippen LogP contribution is -2.36. The zero-order valence-corrected chi connectivity index (χ0v) is 11.9. The molecule has 1 unspecified atom stereocenters. The van der Waals surface area contributed by atoms with Crippen LogP contribution in [0.25, 0.3) is 0 Å². The summed E-state index contributed by atoms with van der Waals surface area (Å²) in [6.07, 6.45) is -4.57. The fourth-order valence-corrected chi connectivity index (χ4v) is 3.22. The molecule has 114 valence electrons. The molecule has 0 bridgehead atoms. The summed E-state index contributed by atoms with van der Waals surface area (Å²) in [6.45, 7) is 0.148. The topological polar surface area (TPSA) is 55.4 Å². The molecule has 0 aliphatic heterocycles. The third kappa shape index (κ3) is 4.46. The Morgan fingerprint density at radius 3 is 2.50 bits per heavy atom. The molecule has 0 fully saturated rings. The van der Waals surface area contributed by atoms with E-state index in [2.05, 4.69) is 5.32 Å². The Balaban J connectivity index is 3.04. The van der Waals surface area contributed by atoms with Crippen molar-refractivity contribution in [2.45, 2.75) is 17.1 Å². The van der Waals surface area contributed by atoms with Crippen LogP contribution in [-0.2, 0) is 20.8 Å². The molecule has 0 amide bonds. The molecule has 0 spiro atoms. The molecule has 1 aromatic carbocycles. The second kappa shape index (κ2) is 6.55. The zero-order valence-electron chi connectivity index (χ0n) is 11.1. The fraction of sp³-hybridized carbons (Fsp3) is 0.500. The molecule has 1 aromatic rings. The van der Waals surface area contributed by atoms with Gasteiger partial charge < -0.3 is 10.1 Å². The summed E-state index contributed by atoms with van der Waals surface area (Å²) in [5, 5.41) is 2.75. The van der Waals surface area contributed by atoms with Crippen molar-refractivity contribution in [1.29, 1.82) is 0 Å². The molecule has 0 aliphatic rings. The number of alkyl halides is 3. The highest BCUT2D eigenvalue weighted by Crippen LogP contribution is 2.30. The van der Waals surface area contributed by atoms with E-state index in [9.17, 15) is 21.6 Å². The van der Waals surface area contributed by atoms with Crippen molar-refractivity contribution in [1.82, 2.24) is 5.32 Å². The van der Waals surface area contributed by atoms with Gasteiger partial charge in [-0.2, -0.15) is 13.2 Å². The number of hydrogen-bond acceptors (Lipinski definition) is 4. The number of likely N-dealkylation sites (N-methyl/N-ethyl adjacent to an activating group) is 1. The highest BCUT2D eigenvalue weighted by atomic mass is 32.2. The lowest BCUT2D eigenvalue weighted by atomic mass is 10.2. The summed E-state index contributed by atoms with van der Waals surface area (Å²) in [4.78, 5) is -0.344. The third-order valence-electron chi connectivity index (χ3n) is 2.72. The molecule has 1 rings (SSSR count). The van der Waals surface area contributed by atoms with Crippen LogP contribution >= 0.6 is 0 Å². The van der Waals surface area contributed by atoms with Gasteiger partial charge in [0.15, 0.2) is 9.84 Å². The maximum Gasteiger partial charge on any atom is 0.416 e. The number of benzene rings is 1. The molecule has 0 heterocycles. The molecule has 20 heavy (non-hydrogen) atoms. The van der Waals surface area contributed by atoms with E-state index in [0.29, 0.717) is 6.07 Å². The summed E-state index contributed by atoms with van der Waals surface area (Å²) in [5.41, 5.74) is -0.980. The van der Waals surface area contributed by atoms with Gasteiger partial charge in [-0.15, -0.1) is 0 Å². The SMILES string of the molecule is CNC(COC)CS(=O)(=O)c1cccc(C(F)(F)F)c1. The van der Waals surface area contributed by atoms with Gasteiger partial charge in [-0.05, 0) is 25.2 Å². The summed E-state index contributed by atoms with van der Waals surface area (Å²) in [7, 11) is -0.840. The van der Waals surface area contributed by atoms with E-state index in [0.717, 1.165) is 18.2 Å². The van der Waals surface area contributed by atoms with E-state index < -0.39 is 27.6 Å². The minimum absolute atomic E-state index is 0.148. The molecule has 4 nitrogen and oxygen atoms in total. The first-order valence-electron chi connectivity index (χ1n) is 5.77. The van der Waals surface area contributed by atoms with Crippen molar-refractivity contribution in [3.05, 3.63) is 29.8 Å². The Bertz CT molecular complexity index is 543. The number of halogens is 3. The van der Waals surface area contributed by atoms with Crippen molar-refractivity contribution in [3.63, 3.8) is 0 Å². The number of ether oxygens (including phenoxy) is 1. The summed E-state index contributed by atoms with van der Waals surface area (Å²) >= 11 is 0. The van der Waals surface area contributed by atoms with Gasteiger partial charge >= 0.3 is 6.18 Å². The predicted octanol–water partition coefficient (Wildman–Crippen LogP) is 1.71. The molecule has 0 saturated carbocycles. The lowest BCUT2D eigenvalue weighted by Gasteiger charge is -2.16. The van der Waals surface area contributed by atoms with Crippen LogP contribution in [0.4, 0.5) is 13.2 Å². The minimum Gasteiger partial charge on any atom is -0.383 e. The standard InChI is InChI=1S/C12H16F3NO3S/c1-16-10(7-19-2)8-20(17,18)11-5-3-4-9(6-11)12(13,14)15/h3-6,10,16H,7-8H2,1-2H3. The predicted molar refractivity (Wildman–Crippen MR) is 68.2 cm³/mol. The van der Waals surface area contributed by atoms with Gasteiger partial charge in [0.2, 0.25) is 0 Å². The maximum atomic E-state index is 12.6. The monoisotopic (exact) mass is 311 g/mol. The third-order valence-corrected chi connectivity index (χ3v) is 4.53. The first kappa shape index (κ1) is 16.9. The van der Waals surface area contributed by atoms with Crippen LogP contribution in [-0.4, -0.2) is 41.0 Å². The second-order valence-electron chi connectivity index (χ2n) is 4.25.